The Morgan fingerprint density at radius 1 is 1.12 bits per heavy atom. The van der Waals surface area contributed by atoms with E-state index in [1.54, 1.807) is 0 Å². The number of aromatic nitrogens is 2. The second kappa shape index (κ2) is 7.39. The van der Waals surface area contributed by atoms with Crippen LogP contribution in [0.2, 0.25) is 0 Å². The van der Waals surface area contributed by atoms with Gasteiger partial charge in [0.15, 0.2) is 0 Å². The first-order valence-corrected chi connectivity index (χ1v) is 8.49. The fraction of sp³-hybridized carbons (Fsp3) is 0.250. The van der Waals surface area contributed by atoms with E-state index >= 15 is 0 Å². The molecule has 1 N–H and O–H groups in total. The quantitative estimate of drug-likeness (QED) is 0.741. The topological polar surface area (TPSA) is 75.4 Å². The molecule has 0 saturated heterocycles. The summed E-state index contributed by atoms with van der Waals surface area (Å²) in [4.78, 5) is 29.4. The molecule has 3 rings (SSSR count). The fourth-order valence-corrected chi connectivity index (χ4v) is 2.89. The first kappa shape index (κ1) is 17.7. The molecule has 6 heteroatoms. The van der Waals surface area contributed by atoms with Crippen molar-refractivity contribution in [1.82, 2.24) is 14.5 Å². The van der Waals surface area contributed by atoms with Gasteiger partial charge in [-0.2, -0.15) is 0 Å². The Morgan fingerprint density at radius 2 is 1.77 bits per heavy atom. The summed E-state index contributed by atoms with van der Waals surface area (Å²) in [5, 5.41) is 9.06. The van der Waals surface area contributed by atoms with Crippen molar-refractivity contribution < 1.29 is 14.7 Å². The lowest BCUT2D eigenvalue weighted by molar-refractivity contribution is -0.148. The monoisotopic (exact) mass is 351 g/mol. The summed E-state index contributed by atoms with van der Waals surface area (Å²) in [5.74, 6) is -0.453. The normalized spacial score (nSPS) is 12.1. The van der Waals surface area contributed by atoms with Crippen LogP contribution < -0.4 is 0 Å². The number of rotatable bonds is 6. The van der Waals surface area contributed by atoms with Gasteiger partial charge in [-0.3, -0.25) is 9.36 Å². The number of benzene rings is 2. The van der Waals surface area contributed by atoms with Crippen LogP contribution in [0.3, 0.4) is 0 Å². The maximum absolute atomic E-state index is 12.4. The van der Waals surface area contributed by atoms with E-state index in [-0.39, 0.29) is 12.3 Å². The maximum Gasteiger partial charge on any atom is 0.326 e. The van der Waals surface area contributed by atoms with Crippen molar-refractivity contribution in [2.75, 3.05) is 7.05 Å². The number of carboxylic acid groups (broad SMARTS) is 1. The van der Waals surface area contributed by atoms with Crippen molar-refractivity contribution in [1.29, 1.82) is 0 Å². The molecule has 1 heterocycles. The molecule has 0 spiro atoms. The van der Waals surface area contributed by atoms with Gasteiger partial charge < -0.3 is 10.0 Å². The number of para-hydroxylation sites is 3. The molecule has 1 unspecified atom stereocenters. The van der Waals surface area contributed by atoms with Crippen molar-refractivity contribution in [3.8, 4) is 5.69 Å². The summed E-state index contributed by atoms with van der Waals surface area (Å²) < 4.78 is 2.04. The number of fused-ring (bicyclic) bond motifs is 1. The van der Waals surface area contributed by atoms with Gasteiger partial charge in [0.1, 0.15) is 11.9 Å². The van der Waals surface area contributed by atoms with E-state index in [0.717, 1.165) is 22.5 Å². The summed E-state index contributed by atoms with van der Waals surface area (Å²) in [6, 6.07) is 16.9. The number of imidazole rings is 1. The molecule has 134 valence electrons. The van der Waals surface area contributed by atoms with E-state index in [9.17, 15) is 9.59 Å². The molecule has 1 aromatic heterocycles. The third kappa shape index (κ3) is 3.44. The third-order valence-electron chi connectivity index (χ3n) is 4.54. The van der Waals surface area contributed by atoms with Crippen molar-refractivity contribution in [2.24, 2.45) is 0 Å². The van der Waals surface area contributed by atoms with Gasteiger partial charge in [-0.05, 0) is 31.2 Å². The molecule has 0 aliphatic rings. The first-order valence-electron chi connectivity index (χ1n) is 8.49. The Labute approximate surface area is 151 Å². The fourth-order valence-electron chi connectivity index (χ4n) is 2.89. The summed E-state index contributed by atoms with van der Waals surface area (Å²) in [7, 11) is 1.52. The highest BCUT2D eigenvalue weighted by atomic mass is 16.4. The predicted octanol–water partition coefficient (Wildman–Crippen LogP) is 2.89. The van der Waals surface area contributed by atoms with Crippen LogP contribution in [0.4, 0.5) is 0 Å². The van der Waals surface area contributed by atoms with Crippen molar-refractivity contribution >= 4 is 22.9 Å². The third-order valence-corrected chi connectivity index (χ3v) is 4.54. The highest BCUT2D eigenvalue weighted by molar-refractivity contribution is 5.83. The Bertz CT molecular complexity index is 934. The van der Waals surface area contributed by atoms with Crippen LogP contribution in [0.1, 0.15) is 19.2 Å². The smallest absolute Gasteiger partial charge is 0.326 e. The van der Waals surface area contributed by atoms with Crippen LogP contribution in [0.15, 0.2) is 54.6 Å². The minimum absolute atomic E-state index is 0.199. The van der Waals surface area contributed by atoms with Gasteiger partial charge in [0.25, 0.3) is 0 Å². The second-order valence-corrected chi connectivity index (χ2v) is 6.21. The zero-order chi connectivity index (χ0) is 18.7. The molecule has 0 aliphatic heterocycles. The number of nitrogens with zero attached hydrogens (tertiary/aromatic N) is 3. The number of carboxylic acids is 1. The van der Waals surface area contributed by atoms with Crippen LogP contribution in [0, 0.1) is 0 Å². The Morgan fingerprint density at radius 3 is 2.46 bits per heavy atom. The molecule has 26 heavy (non-hydrogen) atoms. The van der Waals surface area contributed by atoms with E-state index < -0.39 is 12.0 Å². The molecule has 1 amide bonds. The number of hydrogen-bond donors (Lipinski definition) is 1. The lowest BCUT2D eigenvalue weighted by Gasteiger charge is -2.21. The number of hydrogen-bond acceptors (Lipinski definition) is 3. The number of aliphatic carboxylic acids is 1. The summed E-state index contributed by atoms with van der Waals surface area (Å²) in [6.45, 7) is 1.50. The molecule has 0 radical (unpaired) electrons. The molecule has 3 aromatic rings. The summed E-state index contributed by atoms with van der Waals surface area (Å²) >= 11 is 0. The number of carbonyl (C=O) groups excluding carboxylic acids is 1. The van der Waals surface area contributed by atoms with Crippen molar-refractivity contribution in [3.05, 3.63) is 60.4 Å². The molecule has 2 aromatic carbocycles. The lowest BCUT2D eigenvalue weighted by Crippen LogP contribution is -2.40. The first-order chi connectivity index (χ1) is 12.5. The molecular weight excluding hydrogens is 330 g/mol. The Hall–Kier alpha value is -3.15. The number of aryl methyl sites for hydroxylation is 1. The zero-order valence-electron chi connectivity index (χ0n) is 14.8. The minimum Gasteiger partial charge on any atom is -0.480 e. The summed E-state index contributed by atoms with van der Waals surface area (Å²) in [5.41, 5.74) is 2.83. The predicted molar refractivity (Wildman–Crippen MR) is 99.3 cm³/mol. The Balaban J connectivity index is 1.89. The van der Waals surface area contributed by atoms with Gasteiger partial charge in [0.05, 0.1) is 11.0 Å². The standard InChI is InChI=1S/C20H21N3O3/c1-14(20(25)26)22(2)19(24)13-12-18-21-16-10-6-7-11-17(16)23(18)15-8-4-3-5-9-15/h3-11,14H,12-13H2,1-2H3,(H,25,26). The van der Waals surface area contributed by atoms with E-state index in [1.165, 1.54) is 18.9 Å². The van der Waals surface area contributed by atoms with E-state index in [2.05, 4.69) is 4.98 Å². The molecule has 6 nitrogen and oxygen atoms in total. The van der Waals surface area contributed by atoms with Crippen LogP contribution in [-0.4, -0.2) is 44.5 Å². The van der Waals surface area contributed by atoms with Crippen LogP contribution in [0.5, 0.6) is 0 Å². The van der Waals surface area contributed by atoms with Crippen molar-refractivity contribution in [3.63, 3.8) is 0 Å². The van der Waals surface area contributed by atoms with Crippen LogP contribution in [0.25, 0.3) is 16.7 Å². The van der Waals surface area contributed by atoms with E-state index in [4.69, 9.17) is 5.11 Å². The van der Waals surface area contributed by atoms with E-state index in [0.29, 0.717) is 6.42 Å². The molecule has 0 saturated carbocycles. The molecular formula is C20H21N3O3. The van der Waals surface area contributed by atoms with Gasteiger partial charge in [-0.25, -0.2) is 9.78 Å². The zero-order valence-corrected chi connectivity index (χ0v) is 14.8. The van der Waals surface area contributed by atoms with Gasteiger partial charge >= 0.3 is 5.97 Å². The van der Waals surface area contributed by atoms with Crippen molar-refractivity contribution in [2.45, 2.75) is 25.8 Å². The van der Waals surface area contributed by atoms with Crippen LogP contribution in [-0.2, 0) is 16.0 Å². The number of likely N-dealkylation sites (N-methyl/N-ethyl adjacent to an activating group) is 1. The van der Waals surface area contributed by atoms with Gasteiger partial charge in [0, 0.05) is 25.6 Å². The largest absolute Gasteiger partial charge is 0.480 e. The van der Waals surface area contributed by atoms with Gasteiger partial charge in [-0.15, -0.1) is 0 Å². The molecule has 1 atom stereocenters. The maximum atomic E-state index is 12.4. The lowest BCUT2D eigenvalue weighted by atomic mass is 10.2. The second-order valence-electron chi connectivity index (χ2n) is 6.21. The molecule has 0 aliphatic carbocycles. The number of amides is 1. The van der Waals surface area contributed by atoms with E-state index in [1.807, 2.05) is 59.2 Å². The molecule has 0 fully saturated rings. The highest BCUT2D eigenvalue weighted by Gasteiger charge is 2.22. The van der Waals surface area contributed by atoms with Gasteiger partial charge in [0.2, 0.25) is 5.91 Å². The summed E-state index contributed by atoms with van der Waals surface area (Å²) in [6.07, 6.45) is 0.628. The average molecular weight is 351 g/mol. The average Bonchev–Trinajstić information content (AvgIpc) is 3.03. The van der Waals surface area contributed by atoms with Gasteiger partial charge in [-0.1, -0.05) is 30.3 Å². The highest BCUT2D eigenvalue weighted by Crippen LogP contribution is 2.22. The minimum atomic E-state index is -1.02. The number of carbonyl (C=O) groups is 2. The Kier molecular flexibility index (Phi) is 5.02. The SMILES string of the molecule is CC(C(=O)O)N(C)C(=O)CCc1nc2ccccc2n1-c1ccccc1. The van der Waals surface area contributed by atoms with Crippen LogP contribution >= 0.6 is 0 Å². The molecule has 0 bridgehead atoms.